The summed E-state index contributed by atoms with van der Waals surface area (Å²) in [6, 6.07) is 9.77. The lowest BCUT2D eigenvalue weighted by atomic mass is 10.1. The summed E-state index contributed by atoms with van der Waals surface area (Å²) in [7, 11) is 0. The third-order valence-corrected chi connectivity index (χ3v) is 3.44. The fourth-order valence-corrected chi connectivity index (χ4v) is 2.42. The third-order valence-electron chi connectivity index (χ3n) is 3.44. The maximum absolute atomic E-state index is 13.1. The first kappa shape index (κ1) is 12.6. The largest absolute Gasteiger partial charge is 0.432 e. The minimum atomic E-state index is -0.289. The minimum Gasteiger partial charge on any atom is -0.432 e. The smallest absolute Gasteiger partial charge is 0.306 e. The van der Waals surface area contributed by atoms with Crippen molar-refractivity contribution >= 4 is 11.7 Å². The Bertz CT molecular complexity index is 939. The van der Waals surface area contributed by atoms with Crippen LogP contribution in [0.15, 0.2) is 59.5 Å². The van der Waals surface area contributed by atoms with E-state index in [2.05, 4.69) is 9.97 Å². The van der Waals surface area contributed by atoms with Gasteiger partial charge in [-0.1, -0.05) is 0 Å². The molecule has 0 amide bonds. The normalized spacial score (nSPS) is 11.1. The summed E-state index contributed by atoms with van der Waals surface area (Å²) in [5.74, 6) is 0.619. The quantitative estimate of drug-likeness (QED) is 0.615. The van der Waals surface area contributed by atoms with Gasteiger partial charge in [0, 0.05) is 23.5 Å². The summed E-state index contributed by atoms with van der Waals surface area (Å²) >= 11 is 0. The van der Waals surface area contributed by atoms with Crippen LogP contribution in [-0.2, 0) is 0 Å². The van der Waals surface area contributed by atoms with E-state index < -0.39 is 0 Å². The number of aromatic nitrogens is 3. The molecule has 5 nitrogen and oxygen atoms in total. The van der Waals surface area contributed by atoms with E-state index in [1.165, 1.54) is 12.1 Å². The number of nitrogens with zero attached hydrogens (tertiary/aromatic N) is 3. The lowest BCUT2D eigenvalue weighted by molar-refractivity contribution is 0.596. The van der Waals surface area contributed by atoms with Crippen LogP contribution in [0.2, 0.25) is 0 Å². The van der Waals surface area contributed by atoms with Gasteiger partial charge in [-0.2, -0.15) is 4.98 Å². The molecule has 0 aliphatic rings. The molecule has 0 aliphatic carbocycles. The number of halogens is 1. The Morgan fingerprint density at radius 1 is 1.05 bits per heavy atom. The third kappa shape index (κ3) is 1.93. The van der Waals surface area contributed by atoms with Crippen LogP contribution < -0.4 is 5.73 Å². The van der Waals surface area contributed by atoms with Gasteiger partial charge in [-0.25, -0.2) is 9.37 Å². The lowest BCUT2D eigenvalue weighted by Crippen LogP contribution is -1.92. The highest BCUT2D eigenvalue weighted by atomic mass is 19.1. The van der Waals surface area contributed by atoms with Gasteiger partial charge < -0.3 is 10.2 Å². The molecular weight excluding hydrogens is 283 g/mol. The van der Waals surface area contributed by atoms with Gasteiger partial charge in [-0.3, -0.25) is 4.40 Å². The molecule has 0 atom stereocenters. The Morgan fingerprint density at radius 2 is 1.82 bits per heavy atom. The molecule has 0 radical (unpaired) electrons. The average molecular weight is 294 g/mol. The van der Waals surface area contributed by atoms with Crippen molar-refractivity contribution < 1.29 is 8.81 Å². The van der Waals surface area contributed by atoms with Crippen molar-refractivity contribution in [3.8, 4) is 22.5 Å². The van der Waals surface area contributed by atoms with Crippen LogP contribution in [0.3, 0.4) is 0 Å². The summed E-state index contributed by atoms with van der Waals surface area (Å²) in [6.07, 6.45) is 5.02. The summed E-state index contributed by atoms with van der Waals surface area (Å²) in [5.41, 5.74) is 8.81. The zero-order valence-electron chi connectivity index (χ0n) is 11.4. The fourth-order valence-electron chi connectivity index (χ4n) is 2.42. The Morgan fingerprint density at radius 3 is 2.55 bits per heavy atom. The Labute approximate surface area is 124 Å². The van der Waals surface area contributed by atoms with E-state index in [1.54, 1.807) is 36.9 Å². The molecule has 3 heterocycles. The SMILES string of the molecule is Nc1ccc(-c2c(-c3ccc(F)cc3)nc3occn23)cn1. The fraction of sp³-hybridized carbons (Fsp3) is 0. The van der Waals surface area contributed by atoms with Crippen LogP contribution in [0.1, 0.15) is 0 Å². The topological polar surface area (TPSA) is 69.3 Å². The van der Waals surface area contributed by atoms with E-state index in [0.29, 0.717) is 17.4 Å². The highest BCUT2D eigenvalue weighted by molar-refractivity contribution is 5.81. The molecule has 0 unspecified atom stereocenters. The van der Waals surface area contributed by atoms with E-state index in [0.717, 1.165) is 16.8 Å². The highest BCUT2D eigenvalue weighted by Crippen LogP contribution is 2.32. The first-order valence-electron chi connectivity index (χ1n) is 6.66. The van der Waals surface area contributed by atoms with Gasteiger partial charge in [0.2, 0.25) is 0 Å². The van der Waals surface area contributed by atoms with Gasteiger partial charge in [0.1, 0.15) is 23.6 Å². The Balaban J connectivity index is 1.98. The number of oxazole rings is 1. The second-order valence-electron chi connectivity index (χ2n) is 4.84. The highest BCUT2D eigenvalue weighted by Gasteiger charge is 2.17. The number of benzene rings is 1. The molecule has 3 aromatic heterocycles. The summed E-state index contributed by atoms with van der Waals surface area (Å²) in [5, 5.41) is 0. The molecule has 4 aromatic rings. The van der Waals surface area contributed by atoms with Crippen molar-refractivity contribution in [3.05, 3.63) is 60.9 Å². The van der Waals surface area contributed by atoms with E-state index in [-0.39, 0.29) is 5.82 Å². The Hall–Kier alpha value is -3.15. The van der Waals surface area contributed by atoms with E-state index >= 15 is 0 Å². The molecule has 0 spiro atoms. The number of anilines is 1. The lowest BCUT2D eigenvalue weighted by Gasteiger charge is -2.04. The van der Waals surface area contributed by atoms with Gasteiger partial charge in [-0.05, 0) is 36.4 Å². The molecule has 0 saturated heterocycles. The van der Waals surface area contributed by atoms with Crippen molar-refractivity contribution in [1.82, 2.24) is 14.4 Å². The minimum absolute atomic E-state index is 0.289. The molecule has 0 bridgehead atoms. The predicted molar refractivity (Wildman–Crippen MR) is 80.5 cm³/mol. The second kappa shape index (κ2) is 4.70. The molecule has 22 heavy (non-hydrogen) atoms. The first-order chi connectivity index (χ1) is 10.7. The average Bonchev–Trinajstić information content (AvgIpc) is 3.10. The maximum atomic E-state index is 13.1. The number of rotatable bonds is 2. The van der Waals surface area contributed by atoms with E-state index in [4.69, 9.17) is 10.2 Å². The molecule has 0 aliphatic heterocycles. The number of hydrogen-bond donors (Lipinski definition) is 1. The van der Waals surface area contributed by atoms with Crippen molar-refractivity contribution in [2.24, 2.45) is 0 Å². The number of nitrogen functional groups attached to an aromatic ring is 1. The van der Waals surface area contributed by atoms with Crippen molar-refractivity contribution in [3.63, 3.8) is 0 Å². The van der Waals surface area contributed by atoms with Crippen LogP contribution in [-0.4, -0.2) is 14.4 Å². The zero-order valence-corrected chi connectivity index (χ0v) is 11.4. The molecule has 108 valence electrons. The van der Waals surface area contributed by atoms with Crippen molar-refractivity contribution in [2.75, 3.05) is 5.73 Å². The standard InChI is InChI=1S/C16H11FN4O/c17-12-4-1-10(2-5-12)14-15(11-3-6-13(18)19-9-11)21-7-8-22-16(21)20-14/h1-9H,(H2,18,19). The molecular formula is C16H11FN4O. The number of nitrogens with two attached hydrogens (primary N) is 1. The maximum Gasteiger partial charge on any atom is 0.306 e. The zero-order chi connectivity index (χ0) is 15.1. The van der Waals surface area contributed by atoms with Crippen LogP contribution in [0.4, 0.5) is 10.2 Å². The van der Waals surface area contributed by atoms with Crippen LogP contribution >= 0.6 is 0 Å². The molecule has 6 heteroatoms. The van der Waals surface area contributed by atoms with Crippen LogP contribution in [0.25, 0.3) is 28.4 Å². The Kier molecular flexibility index (Phi) is 2.69. The molecule has 1 aromatic carbocycles. The van der Waals surface area contributed by atoms with Gasteiger partial charge in [0.25, 0.3) is 0 Å². The predicted octanol–water partition coefficient (Wildman–Crippen LogP) is 3.38. The van der Waals surface area contributed by atoms with E-state index in [9.17, 15) is 4.39 Å². The number of hydrogen-bond acceptors (Lipinski definition) is 4. The molecule has 2 N–H and O–H groups in total. The molecule has 4 rings (SSSR count). The van der Waals surface area contributed by atoms with Gasteiger partial charge in [0.15, 0.2) is 0 Å². The van der Waals surface area contributed by atoms with Gasteiger partial charge in [-0.15, -0.1) is 0 Å². The van der Waals surface area contributed by atoms with Crippen molar-refractivity contribution in [2.45, 2.75) is 0 Å². The number of imidazole rings is 1. The number of fused-ring (bicyclic) bond motifs is 1. The number of pyridine rings is 1. The molecule has 0 saturated carbocycles. The van der Waals surface area contributed by atoms with Crippen molar-refractivity contribution in [1.29, 1.82) is 0 Å². The second-order valence-corrected chi connectivity index (χ2v) is 4.84. The monoisotopic (exact) mass is 294 g/mol. The summed E-state index contributed by atoms with van der Waals surface area (Å²) < 4.78 is 20.3. The van der Waals surface area contributed by atoms with Gasteiger partial charge >= 0.3 is 5.84 Å². The molecule has 0 fully saturated rings. The first-order valence-corrected chi connectivity index (χ1v) is 6.66. The summed E-state index contributed by atoms with van der Waals surface area (Å²) in [4.78, 5) is 8.61. The van der Waals surface area contributed by atoms with E-state index in [1.807, 2.05) is 10.5 Å². The van der Waals surface area contributed by atoms with Crippen LogP contribution in [0, 0.1) is 5.82 Å². The van der Waals surface area contributed by atoms with Crippen LogP contribution in [0.5, 0.6) is 0 Å². The summed E-state index contributed by atoms with van der Waals surface area (Å²) in [6.45, 7) is 0. The van der Waals surface area contributed by atoms with Gasteiger partial charge in [0.05, 0.1) is 5.69 Å².